The highest BCUT2D eigenvalue weighted by Gasteiger charge is 2.62. The molecule has 2 saturated carbocycles. The number of amides is 5. The molecule has 0 aromatic rings. The number of hydrogen-bond donors (Lipinski definition) is 3. The smallest absolute Gasteiger partial charge is 0.334 e. The van der Waals surface area contributed by atoms with E-state index in [1.165, 1.54) is 0 Å². The number of rotatable bonds is 5. The first kappa shape index (κ1) is 20.2. The molecule has 1 heterocycles. The maximum absolute atomic E-state index is 13.2. The molecule has 6 N–H and O–H groups in total. The van der Waals surface area contributed by atoms with Crippen molar-refractivity contribution in [1.29, 1.82) is 0 Å². The van der Waals surface area contributed by atoms with Crippen LogP contribution >= 0.6 is 0 Å². The molecule has 3 aliphatic rings. The van der Waals surface area contributed by atoms with Crippen molar-refractivity contribution >= 4 is 23.8 Å². The molecule has 28 heavy (non-hydrogen) atoms. The van der Waals surface area contributed by atoms with Gasteiger partial charge in [0.15, 0.2) is 0 Å². The number of barbiturate groups is 1. The summed E-state index contributed by atoms with van der Waals surface area (Å²) in [5.74, 6) is -3.16. The summed E-state index contributed by atoms with van der Waals surface area (Å²) < 4.78 is 0. The van der Waals surface area contributed by atoms with E-state index in [9.17, 15) is 19.2 Å². The summed E-state index contributed by atoms with van der Waals surface area (Å²) in [7, 11) is 0. The fraction of sp³-hybridized carbons (Fsp3) is 0.684. The van der Waals surface area contributed by atoms with Gasteiger partial charge in [0.25, 0.3) is 11.8 Å². The van der Waals surface area contributed by atoms with Gasteiger partial charge in [-0.2, -0.15) is 0 Å². The summed E-state index contributed by atoms with van der Waals surface area (Å²) in [4.78, 5) is 53.1. The zero-order chi connectivity index (χ0) is 20.6. The Bertz CT molecular complexity index is 737. The van der Waals surface area contributed by atoms with Crippen molar-refractivity contribution in [3.8, 4) is 0 Å². The van der Waals surface area contributed by atoms with Gasteiger partial charge in [-0.1, -0.05) is 32.6 Å². The molecule has 3 fully saturated rings. The number of hydrogen-bond acceptors (Lipinski definition) is 6. The molecule has 2 unspecified atom stereocenters. The normalized spacial score (nSPS) is 27.2. The Morgan fingerprint density at radius 3 is 2.25 bits per heavy atom. The van der Waals surface area contributed by atoms with E-state index in [-0.39, 0.29) is 12.0 Å². The van der Waals surface area contributed by atoms with Crippen molar-refractivity contribution in [1.82, 2.24) is 9.80 Å². The summed E-state index contributed by atoms with van der Waals surface area (Å²) >= 11 is 0. The number of nitrogens with two attached hydrogens (primary N) is 3. The summed E-state index contributed by atoms with van der Waals surface area (Å²) in [6.07, 6.45) is 6.57. The van der Waals surface area contributed by atoms with Crippen LogP contribution in [0.15, 0.2) is 11.4 Å². The Morgan fingerprint density at radius 1 is 1.07 bits per heavy atom. The molecule has 3 rings (SSSR count). The summed E-state index contributed by atoms with van der Waals surface area (Å²) in [6.45, 7) is 2.09. The van der Waals surface area contributed by atoms with Crippen LogP contribution in [0.1, 0.15) is 58.3 Å². The fourth-order valence-corrected chi connectivity index (χ4v) is 5.06. The fourth-order valence-electron chi connectivity index (χ4n) is 5.06. The third-order valence-corrected chi connectivity index (χ3v) is 6.48. The van der Waals surface area contributed by atoms with Crippen LogP contribution in [0.4, 0.5) is 4.79 Å². The molecule has 2 aliphatic carbocycles. The minimum absolute atomic E-state index is 0.162. The van der Waals surface area contributed by atoms with Crippen LogP contribution in [0.3, 0.4) is 0 Å². The molecule has 2 atom stereocenters. The quantitative estimate of drug-likeness (QED) is 0.459. The molecular formula is C19H29N5O4. The lowest BCUT2D eigenvalue weighted by molar-refractivity contribution is -0.157. The first-order valence-electron chi connectivity index (χ1n) is 9.99. The van der Waals surface area contributed by atoms with Gasteiger partial charge in [0.2, 0.25) is 5.91 Å². The van der Waals surface area contributed by atoms with Crippen LogP contribution in [-0.4, -0.2) is 46.1 Å². The predicted octanol–water partition coefficient (Wildman–Crippen LogP) is 0.531. The largest absolute Gasteiger partial charge is 0.385 e. The molecule has 9 nitrogen and oxygen atoms in total. The van der Waals surface area contributed by atoms with Gasteiger partial charge < -0.3 is 17.2 Å². The lowest BCUT2D eigenvalue weighted by Crippen LogP contribution is -2.71. The highest BCUT2D eigenvalue weighted by molar-refractivity contribution is 6.29. The number of imide groups is 2. The molecule has 0 bridgehead atoms. The number of carbonyl (C=O) groups is 4. The molecule has 0 radical (unpaired) electrons. The molecular weight excluding hydrogens is 362 g/mol. The maximum atomic E-state index is 13.2. The lowest BCUT2D eigenvalue weighted by atomic mass is 9.51. The van der Waals surface area contributed by atoms with Gasteiger partial charge >= 0.3 is 6.03 Å². The monoisotopic (exact) mass is 391 g/mol. The summed E-state index contributed by atoms with van der Waals surface area (Å²) in [5.41, 5.74) is 16.1. The first-order chi connectivity index (χ1) is 13.2. The second kappa shape index (κ2) is 7.44. The topological polar surface area (TPSA) is 153 Å². The van der Waals surface area contributed by atoms with Crippen LogP contribution < -0.4 is 17.2 Å². The Hall–Kier alpha value is -2.58. The Kier molecular flexibility index (Phi) is 5.36. The maximum Gasteiger partial charge on any atom is 0.334 e. The Balaban J connectivity index is 2.04. The van der Waals surface area contributed by atoms with E-state index >= 15 is 0 Å². The Morgan fingerprint density at radius 2 is 1.71 bits per heavy atom. The van der Waals surface area contributed by atoms with Gasteiger partial charge in [-0.15, -0.1) is 0 Å². The predicted molar refractivity (Wildman–Crippen MR) is 101 cm³/mol. The van der Waals surface area contributed by atoms with Crippen molar-refractivity contribution in [2.45, 2.75) is 64.3 Å². The Labute approximate surface area is 164 Å². The van der Waals surface area contributed by atoms with Crippen molar-refractivity contribution < 1.29 is 19.2 Å². The van der Waals surface area contributed by atoms with Gasteiger partial charge in [-0.25, -0.2) is 4.79 Å². The lowest BCUT2D eigenvalue weighted by Gasteiger charge is -2.59. The second-order valence-electron chi connectivity index (χ2n) is 8.18. The van der Waals surface area contributed by atoms with Crippen molar-refractivity contribution in [3.05, 3.63) is 11.4 Å². The van der Waals surface area contributed by atoms with E-state index in [4.69, 9.17) is 17.2 Å². The molecule has 1 saturated heterocycles. The van der Waals surface area contributed by atoms with Crippen LogP contribution in [0.5, 0.6) is 0 Å². The van der Waals surface area contributed by atoms with E-state index in [1.807, 2.05) is 6.92 Å². The highest BCUT2D eigenvalue weighted by atomic mass is 16.2. The van der Waals surface area contributed by atoms with E-state index in [0.29, 0.717) is 12.8 Å². The number of carbonyl (C=O) groups excluding carboxylic acids is 4. The molecule has 0 aromatic carbocycles. The zero-order valence-corrected chi connectivity index (χ0v) is 16.3. The standard InChI is InChI=1S/C19H29N5O4/c1-2-3-9-23-16(26)12(14(20)21)17(27)24(18(23)28)13-11(15(22)25)10-19(13)7-5-4-6-8-19/h11,13H,2-10,20-21H2,1H3,(H2,22,25). The molecule has 0 aromatic heterocycles. The molecule has 5 amide bonds. The average molecular weight is 391 g/mol. The van der Waals surface area contributed by atoms with Crippen molar-refractivity contribution in [2.75, 3.05) is 6.54 Å². The molecule has 9 heteroatoms. The molecule has 1 aliphatic heterocycles. The highest BCUT2D eigenvalue weighted by Crippen LogP contribution is 2.57. The molecule has 154 valence electrons. The third kappa shape index (κ3) is 3.02. The second-order valence-corrected chi connectivity index (χ2v) is 8.18. The average Bonchev–Trinajstić information content (AvgIpc) is 2.63. The number of urea groups is 1. The molecule has 1 spiro atoms. The van der Waals surface area contributed by atoms with Crippen LogP contribution in [0.25, 0.3) is 0 Å². The van der Waals surface area contributed by atoms with Crippen LogP contribution in [0.2, 0.25) is 0 Å². The van der Waals surface area contributed by atoms with Gasteiger partial charge in [0, 0.05) is 6.54 Å². The van der Waals surface area contributed by atoms with E-state index in [2.05, 4.69) is 0 Å². The first-order valence-corrected chi connectivity index (χ1v) is 9.99. The minimum Gasteiger partial charge on any atom is -0.385 e. The van der Waals surface area contributed by atoms with Gasteiger partial charge in [0.05, 0.1) is 12.0 Å². The number of unbranched alkanes of at least 4 members (excludes halogenated alkanes) is 1. The van der Waals surface area contributed by atoms with E-state index < -0.39 is 47.1 Å². The van der Waals surface area contributed by atoms with Crippen LogP contribution in [-0.2, 0) is 14.4 Å². The third-order valence-electron chi connectivity index (χ3n) is 6.48. The van der Waals surface area contributed by atoms with Crippen molar-refractivity contribution in [3.63, 3.8) is 0 Å². The number of nitrogens with zero attached hydrogens (tertiary/aromatic N) is 2. The SMILES string of the molecule is CCCCN1C(=O)C(=C(N)N)C(=O)N(C2C(C(N)=O)CC23CCCCC3)C1=O. The number of primary amides is 1. The van der Waals surface area contributed by atoms with Gasteiger partial charge in [-0.3, -0.25) is 24.2 Å². The van der Waals surface area contributed by atoms with Gasteiger partial charge in [-0.05, 0) is 31.1 Å². The van der Waals surface area contributed by atoms with E-state index in [0.717, 1.165) is 48.3 Å². The minimum atomic E-state index is -0.816. The van der Waals surface area contributed by atoms with Gasteiger partial charge in [0.1, 0.15) is 11.4 Å². The summed E-state index contributed by atoms with van der Waals surface area (Å²) in [5, 5.41) is 0. The van der Waals surface area contributed by atoms with Crippen molar-refractivity contribution in [2.24, 2.45) is 28.5 Å². The zero-order valence-electron chi connectivity index (χ0n) is 16.3. The van der Waals surface area contributed by atoms with Crippen LogP contribution in [0, 0.1) is 11.3 Å². The summed E-state index contributed by atoms with van der Waals surface area (Å²) in [6, 6.07) is -1.36. The van der Waals surface area contributed by atoms with E-state index in [1.54, 1.807) is 0 Å².